The molecule has 1 aromatic carbocycles. The van der Waals surface area contributed by atoms with Gasteiger partial charge in [-0.25, -0.2) is 4.98 Å². The second-order valence-electron chi connectivity index (χ2n) is 7.60. The molecular weight excluding hydrogens is 300 g/mol. The molecule has 0 radical (unpaired) electrons. The molecule has 24 heavy (non-hydrogen) atoms. The van der Waals surface area contributed by atoms with E-state index in [1.807, 2.05) is 57.4 Å². The summed E-state index contributed by atoms with van der Waals surface area (Å²) in [6.07, 6.45) is 3.80. The molecule has 0 aliphatic rings. The summed E-state index contributed by atoms with van der Waals surface area (Å²) in [5, 5.41) is 2.92. The zero-order valence-electron chi connectivity index (χ0n) is 15.2. The monoisotopic (exact) mass is 328 g/mol. The van der Waals surface area contributed by atoms with Crippen molar-refractivity contribution in [2.75, 3.05) is 5.32 Å². The van der Waals surface area contributed by atoms with Crippen LogP contribution in [-0.4, -0.2) is 21.5 Å². The molecule has 0 fully saturated rings. The number of nitrogens with two attached hydrogens (primary N) is 1. The third-order valence-corrected chi connectivity index (χ3v) is 4.03. The van der Waals surface area contributed by atoms with Gasteiger partial charge in [0.2, 0.25) is 5.91 Å². The normalized spacial score (nSPS) is 13.1. The topological polar surface area (TPSA) is 72.9 Å². The summed E-state index contributed by atoms with van der Waals surface area (Å²) in [7, 11) is 0. The first-order valence-electron chi connectivity index (χ1n) is 8.35. The first kappa shape index (κ1) is 18.2. The highest BCUT2D eigenvalue weighted by Crippen LogP contribution is 2.20. The number of imidazole rings is 1. The summed E-state index contributed by atoms with van der Waals surface area (Å²) in [6, 6.07) is 7.30. The molecule has 2 rings (SSSR count). The maximum Gasteiger partial charge on any atom is 0.241 e. The Kier molecular flexibility index (Phi) is 5.44. The van der Waals surface area contributed by atoms with E-state index >= 15 is 0 Å². The van der Waals surface area contributed by atoms with Gasteiger partial charge in [0.05, 0.1) is 6.04 Å². The first-order chi connectivity index (χ1) is 11.2. The lowest BCUT2D eigenvalue weighted by molar-refractivity contribution is -0.119. The predicted octanol–water partition coefficient (Wildman–Crippen LogP) is 3.37. The zero-order chi connectivity index (χ0) is 17.9. The van der Waals surface area contributed by atoms with E-state index < -0.39 is 6.04 Å². The minimum Gasteiger partial charge on any atom is -0.330 e. The molecule has 0 saturated heterocycles. The third kappa shape index (κ3) is 4.45. The molecule has 1 amide bonds. The van der Waals surface area contributed by atoms with Gasteiger partial charge in [-0.15, -0.1) is 0 Å². The highest BCUT2D eigenvalue weighted by molar-refractivity contribution is 5.95. The van der Waals surface area contributed by atoms with Crippen LogP contribution in [0.5, 0.6) is 0 Å². The quantitative estimate of drug-likeness (QED) is 0.884. The summed E-state index contributed by atoms with van der Waals surface area (Å²) in [5.74, 6) is 1.26. The van der Waals surface area contributed by atoms with Crippen molar-refractivity contribution in [3.05, 3.63) is 48.0 Å². The number of aromatic nitrogens is 2. The molecule has 0 unspecified atom stereocenters. The van der Waals surface area contributed by atoms with Crippen molar-refractivity contribution in [2.24, 2.45) is 11.1 Å². The molecule has 0 spiro atoms. The fourth-order valence-corrected chi connectivity index (χ4v) is 2.51. The van der Waals surface area contributed by atoms with E-state index in [2.05, 4.69) is 28.7 Å². The van der Waals surface area contributed by atoms with E-state index in [0.29, 0.717) is 5.92 Å². The number of rotatable bonds is 5. The maximum atomic E-state index is 12.3. The van der Waals surface area contributed by atoms with E-state index in [0.717, 1.165) is 23.6 Å². The Morgan fingerprint density at radius 2 is 2.04 bits per heavy atom. The van der Waals surface area contributed by atoms with Gasteiger partial charge in [-0.3, -0.25) is 4.79 Å². The molecule has 130 valence electrons. The molecule has 0 saturated carbocycles. The van der Waals surface area contributed by atoms with Crippen LogP contribution in [0.25, 0.3) is 0 Å². The number of nitrogens with zero attached hydrogens (tertiary/aromatic N) is 2. The van der Waals surface area contributed by atoms with E-state index in [1.165, 1.54) is 0 Å². The Balaban J connectivity index is 2.12. The molecule has 2 aromatic rings. The lowest BCUT2D eigenvalue weighted by atomic mass is 9.87. The molecule has 1 heterocycles. The van der Waals surface area contributed by atoms with Crippen LogP contribution >= 0.6 is 0 Å². The van der Waals surface area contributed by atoms with E-state index in [-0.39, 0.29) is 11.3 Å². The number of anilines is 1. The van der Waals surface area contributed by atoms with Crippen molar-refractivity contribution in [1.82, 2.24) is 9.55 Å². The highest BCUT2D eigenvalue weighted by atomic mass is 16.2. The average Bonchev–Trinajstić information content (AvgIpc) is 2.94. The number of benzene rings is 1. The van der Waals surface area contributed by atoms with Crippen molar-refractivity contribution < 1.29 is 4.79 Å². The van der Waals surface area contributed by atoms with Gasteiger partial charge in [0.1, 0.15) is 5.82 Å². The number of nitrogens with one attached hydrogen (secondary N) is 1. The number of carbonyl (C=O) groups is 1. The molecule has 1 atom stereocenters. The second kappa shape index (κ2) is 7.18. The fraction of sp³-hybridized carbons (Fsp3) is 0.474. The van der Waals surface area contributed by atoms with Crippen LogP contribution in [0.1, 0.15) is 51.9 Å². The number of amides is 1. The van der Waals surface area contributed by atoms with Crippen LogP contribution in [0.15, 0.2) is 36.7 Å². The van der Waals surface area contributed by atoms with Gasteiger partial charge in [0.15, 0.2) is 0 Å². The molecule has 5 heteroatoms. The molecular formula is C19H28N4O. The molecule has 3 N–H and O–H groups in total. The minimum atomic E-state index is -0.553. The maximum absolute atomic E-state index is 12.3. The van der Waals surface area contributed by atoms with Crippen LogP contribution in [-0.2, 0) is 11.3 Å². The second-order valence-corrected chi connectivity index (χ2v) is 7.60. The molecule has 0 aliphatic carbocycles. The Hall–Kier alpha value is -2.14. The number of hydrogen-bond acceptors (Lipinski definition) is 3. The smallest absolute Gasteiger partial charge is 0.241 e. The molecule has 1 aromatic heterocycles. The van der Waals surface area contributed by atoms with Crippen molar-refractivity contribution in [2.45, 2.75) is 53.1 Å². The Labute approximate surface area is 144 Å². The van der Waals surface area contributed by atoms with Crippen LogP contribution in [0.3, 0.4) is 0 Å². The first-order valence-corrected chi connectivity index (χ1v) is 8.35. The standard InChI is InChI=1S/C19H28N4O/c1-13(2)17-21-9-10-23(17)12-14-7-6-8-15(11-14)22-18(24)16(20)19(3,4)5/h6-11,13,16H,12,20H2,1-5H3,(H,22,24)/t16-/m1/s1. The lowest BCUT2D eigenvalue weighted by Crippen LogP contribution is -2.45. The van der Waals surface area contributed by atoms with Gasteiger partial charge in [0.25, 0.3) is 0 Å². The Bertz CT molecular complexity index is 697. The molecule has 0 bridgehead atoms. The Morgan fingerprint density at radius 3 is 2.67 bits per heavy atom. The zero-order valence-corrected chi connectivity index (χ0v) is 15.2. The van der Waals surface area contributed by atoms with E-state index in [9.17, 15) is 4.79 Å². The van der Waals surface area contributed by atoms with Crippen molar-refractivity contribution in [1.29, 1.82) is 0 Å². The van der Waals surface area contributed by atoms with Gasteiger partial charge in [-0.1, -0.05) is 46.8 Å². The summed E-state index contributed by atoms with van der Waals surface area (Å²) >= 11 is 0. The summed E-state index contributed by atoms with van der Waals surface area (Å²) in [4.78, 5) is 16.7. The van der Waals surface area contributed by atoms with Crippen molar-refractivity contribution in [3.63, 3.8) is 0 Å². The van der Waals surface area contributed by atoms with Gasteiger partial charge >= 0.3 is 0 Å². The van der Waals surface area contributed by atoms with Crippen molar-refractivity contribution in [3.8, 4) is 0 Å². The van der Waals surface area contributed by atoms with Crippen LogP contribution in [0, 0.1) is 5.41 Å². The van der Waals surface area contributed by atoms with Crippen LogP contribution < -0.4 is 11.1 Å². The Morgan fingerprint density at radius 1 is 1.33 bits per heavy atom. The summed E-state index contributed by atoms with van der Waals surface area (Å²) in [6.45, 7) is 10.9. The van der Waals surface area contributed by atoms with Gasteiger partial charge < -0.3 is 15.6 Å². The number of carbonyl (C=O) groups excluding carboxylic acids is 1. The van der Waals surface area contributed by atoms with Crippen LogP contribution in [0.4, 0.5) is 5.69 Å². The van der Waals surface area contributed by atoms with Gasteiger partial charge in [-0.05, 0) is 23.1 Å². The van der Waals surface area contributed by atoms with Crippen molar-refractivity contribution >= 4 is 11.6 Å². The molecule has 5 nitrogen and oxygen atoms in total. The van der Waals surface area contributed by atoms with E-state index in [4.69, 9.17) is 5.73 Å². The lowest BCUT2D eigenvalue weighted by Gasteiger charge is -2.25. The van der Waals surface area contributed by atoms with Gasteiger partial charge in [0, 0.05) is 30.5 Å². The summed E-state index contributed by atoms with van der Waals surface area (Å²) in [5.41, 5.74) is 7.62. The highest BCUT2D eigenvalue weighted by Gasteiger charge is 2.27. The SMILES string of the molecule is CC(C)c1nccn1Cc1cccc(NC(=O)[C@@H](N)C(C)(C)C)c1. The minimum absolute atomic E-state index is 0.162. The van der Waals surface area contributed by atoms with Gasteiger partial charge in [-0.2, -0.15) is 0 Å². The largest absolute Gasteiger partial charge is 0.330 e. The molecule has 0 aliphatic heterocycles. The summed E-state index contributed by atoms with van der Waals surface area (Å²) < 4.78 is 2.13. The van der Waals surface area contributed by atoms with E-state index in [1.54, 1.807) is 0 Å². The average molecular weight is 328 g/mol. The van der Waals surface area contributed by atoms with Crippen LogP contribution in [0.2, 0.25) is 0 Å². The number of hydrogen-bond donors (Lipinski definition) is 2. The predicted molar refractivity (Wildman–Crippen MR) is 97.9 cm³/mol. The third-order valence-electron chi connectivity index (χ3n) is 4.03. The fourth-order valence-electron chi connectivity index (χ4n) is 2.51.